The maximum absolute atomic E-state index is 6.40. The maximum atomic E-state index is 6.40. The number of hydrogen-bond acceptors (Lipinski definition) is 3. The lowest BCUT2D eigenvalue weighted by Gasteiger charge is -2.43. The van der Waals surface area contributed by atoms with Crippen LogP contribution in [0.3, 0.4) is 0 Å². The maximum Gasteiger partial charge on any atom is 0.118 e. The molecule has 2 bridgehead atoms. The van der Waals surface area contributed by atoms with Gasteiger partial charge >= 0.3 is 0 Å². The molecule has 0 N–H and O–H groups in total. The molecule has 0 aromatic carbocycles. The molecule has 1 unspecified atom stereocenters. The average molecular weight is 284 g/mol. The van der Waals surface area contributed by atoms with Gasteiger partial charge in [-0.2, -0.15) is 0 Å². The van der Waals surface area contributed by atoms with Crippen LogP contribution in [0.4, 0.5) is 0 Å². The minimum absolute atomic E-state index is 0.136. The highest BCUT2D eigenvalue weighted by atomic mass is 16.6. The summed E-state index contributed by atoms with van der Waals surface area (Å²) < 4.78 is 18.9. The van der Waals surface area contributed by atoms with E-state index in [0.717, 1.165) is 6.42 Å². The van der Waals surface area contributed by atoms with E-state index >= 15 is 0 Å². The molecule has 3 heteroatoms. The summed E-state index contributed by atoms with van der Waals surface area (Å²) in [5, 5.41) is 0. The Morgan fingerprint density at radius 1 is 1.10 bits per heavy atom. The van der Waals surface area contributed by atoms with Gasteiger partial charge in [0.05, 0.1) is 30.0 Å². The smallest absolute Gasteiger partial charge is 0.118 e. The molecule has 1 heterocycles. The van der Waals surface area contributed by atoms with E-state index in [1.807, 2.05) is 0 Å². The highest BCUT2D eigenvalue weighted by Gasteiger charge is 2.57. The zero-order valence-electron chi connectivity index (χ0n) is 14.3. The summed E-state index contributed by atoms with van der Waals surface area (Å²) in [5.41, 5.74) is -0.521. The summed E-state index contributed by atoms with van der Waals surface area (Å²) in [6, 6.07) is 0. The molecule has 0 aromatic rings. The second-order valence-corrected chi connectivity index (χ2v) is 8.50. The number of rotatable bonds is 3. The van der Waals surface area contributed by atoms with Gasteiger partial charge in [-0.1, -0.05) is 0 Å². The van der Waals surface area contributed by atoms with Crippen molar-refractivity contribution >= 4 is 0 Å². The van der Waals surface area contributed by atoms with Crippen molar-refractivity contribution < 1.29 is 14.2 Å². The van der Waals surface area contributed by atoms with Crippen molar-refractivity contribution in [2.75, 3.05) is 6.61 Å². The minimum Gasteiger partial charge on any atom is -0.373 e. The fraction of sp³-hybridized carbons (Fsp3) is 1.00. The fourth-order valence-corrected chi connectivity index (χ4v) is 3.49. The van der Waals surface area contributed by atoms with Gasteiger partial charge in [-0.15, -0.1) is 0 Å². The molecule has 2 rings (SSSR count). The van der Waals surface area contributed by atoms with Gasteiger partial charge in [0.2, 0.25) is 0 Å². The monoisotopic (exact) mass is 284 g/mol. The van der Waals surface area contributed by atoms with Crippen LogP contribution in [-0.4, -0.2) is 35.6 Å². The predicted molar refractivity (Wildman–Crippen MR) is 81.0 cm³/mol. The van der Waals surface area contributed by atoms with Crippen LogP contribution in [0.2, 0.25) is 0 Å². The third kappa shape index (κ3) is 3.55. The third-order valence-corrected chi connectivity index (χ3v) is 4.30. The lowest BCUT2D eigenvalue weighted by atomic mass is 9.76. The van der Waals surface area contributed by atoms with Crippen molar-refractivity contribution in [1.29, 1.82) is 0 Å². The van der Waals surface area contributed by atoms with Gasteiger partial charge in [-0.25, -0.2) is 0 Å². The van der Waals surface area contributed by atoms with E-state index in [4.69, 9.17) is 14.2 Å². The first-order valence-corrected chi connectivity index (χ1v) is 8.02. The molecule has 0 spiro atoms. The SMILES string of the molecule is C[C@@H]1O[C@@]2(COC(C)(C)C)CCC[C@H]1C2OC(C)(C)C. The standard InChI is InChI=1S/C17H32O3/c1-12-13-9-8-10-17(19-12,11-18-15(2,3)4)14(13)20-16(5,6)7/h12-14H,8-11H2,1-7H3/t12-,13+,14?,17+/m0/s1. The minimum atomic E-state index is -0.247. The third-order valence-electron chi connectivity index (χ3n) is 4.30. The largest absolute Gasteiger partial charge is 0.373 e. The molecule has 118 valence electrons. The first-order valence-electron chi connectivity index (χ1n) is 8.02. The molecule has 1 aliphatic heterocycles. The Labute approximate surface area is 124 Å². The second kappa shape index (κ2) is 5.26. The van der Waals surface area contributed by atoms with Gasteiger partial charge < -0.3 is 14.2 Å². The molecular weight excluding hydrogens is 252 g/mol. The summed E-state index contributed by atoms with van der Waals surface area (Å²) in [7, 11) is 0. The Morgan fingerprint density at radius 2 is 1.75 bits per heavy atom. The van der Waals surface area contributed by atoms with Gasteiger partial charge in [0, 0.05) is 5.92 Å². The molecule has 1 saturated carbocycles. The van der Waals surface area contributed by atoms with Gasteiger partial charge in [-0.05, 0) is 67.7 Å². The van der Waals surface area contributed by atoms with Crippen LogP contribution in [0.25, 0.3) is 0 Å². The van der Waals surface area contributed by atoms with Crippen LogP contribution >= 0.6 is 0 Å². The van der Waals surface area contributed by atoms with Crippen LogP contribution in [-0.2, 0) is 14.2 Å². The van der Waals surface area contributed by atoms with Crippen LogP contribution < -0.4 is 0 Å². The summed E-state index contributed by atoms with van der Waals surface area (Å²) in [5.74, 6) is 0.506. The number of hydrogen-bond donors (Lipinski definition) is 0. The summed E-state index contributed by atoms with van der Waals surface area (Å²) in [4.78, 5) is 0. The van der Waals surface area contributed by atoms with Crippen LogP contribution in [0.15, 0.2) is 0 Å². The van der Waals surface area contributed by atoms with E-state index in [0.29, 0.717) is 12.5 Å². The summed E-state index contributed by atoms with van der Waals surface area (Å²) in [6.07, 6.45) is 3.90. The lowest BCUT2D eigenvalue weighted by Crippen LogP contribution is -2.52. The normalized spacial score (nSPS) is 38.2. The Morgan fingerprint density at radius 3 is 2.30 bits per heavy atom. The van der Waals surface area contributed by atoms with E-state index < -0.39 is 0 Å². The zero-order valence-corrected chi connectivity index (χ0v) is 14.3. The Kier molecular flexibility index (Phi) is 4.27. The Balaban J connectivity index is 2.17. The molecule has 0 amide bonds. The van der Waals surface area contributed by atoms with Crippen molar-refractivity contribution in [2.24, 2.45) is 5.92 Å². The molecule has 2 aliphatic rings. The molecule has 1 aliphatic carbocycles. The second-order valence-electron chi connectivity index (χ2n) is 8.50. The van der Waals surface area contributed by atoms with Crippen LogP contribution in [0, 0.1) is 5.92 Å². The first-order chi connectivity index (χ1) is 9.03. The first kappa shape index (κ1) is 16.3. The lowest BCUT2D eigenvalue weighted by molar-refractivity contribution is -0.193. The summed E-state index contributed by atoms with van der Waals surface area (Å²) in [6.45, 7) is 15.5. The molecule has 0 aromatic heterocycles. The Hall–Kier alpha value is -0.120. The molecule has 3 nitrogen and oxygen atoms in total. The van der Waals surface area contributed by atoms with E-state index in [1.165, 1.54) is 12.8 Å². The number of ether oxygens (including phenoxy) is 3. The van der Waals surface area contributed by atoms with Crippen molar-refractivity contribution in [3.63, 3.8) is 0 Å². The molecule has 20 heavy (non-hydrogen) atoms. The van der Waals surface area contributed by atoms with Gasteiger partial charge in [0.1, 0.15) is 5.60 Å². The van der Waals surface area contributed by atoms with Crippen LogP contribution in [0.5, 0.6) is 0 Å². The molecule has 2 fully saturated rings. The van der Waals surface area contributed by atoms with Gasteiger partial charge in [0.15, 0.2) is 0 Å². The van der Waals surface area contributed by atoms with Crippen molar-refractivity contribution in [2.45, 2.75) is 96.7 Å². The Bertz CT molecular complexity index is 339. The van der Waals surface area contributed by atoms with E-state index in [2.05, 4.69) is 48.5 Å². The highest BCUT2D eigenvalue weighted by molar-refractivity contribution is 5.06. The molecular formula is C17H32O3. The molecule has 0 radical (unpaired) electrons. The van der Waals surface area contributed by atoms with Crippen molar-refractivity contribution in [3.8, 4) is 0 Å². The number of fused-ring (bicyclic) bond motifs is 2. The van der Waals surface area contributed by atoms with Crippen molar-refractivity contribution in [3.05, 3.63) is 0 Å². The van der Waals surface area contributed by atoms with Crippen LogP contribution in [0.1, 0.15) is 67.7 Å². The van der Waals surface area contributed by atoms with Crippen molar-refractivity contribution in [1.82, 2.24) is 0 Å². The highest BCUT2D eigenvalue weighted by Crippen LogP contribution is 2.49. The quantitative estimate of drug-likeness (QED) is 0.785. The predicted octanol–water partition coefficient (Wildman–Crippen LogP) is 3.94. The zero-order chi connectivity index (χ0) is 15.2. The van der Waals surface area contributed by atoms with E-state index in [1.54, 1.807) is 0 Å². The van der Waals surface area contributed by atoms with Gasteiger partial charge in [0.25, 0.3) is 0 Å². The fourth-order valence-electron chi connectivity index (χ4n) is 3.49. The molecule has 1 saturated heterocycles. The topological polar surface area (TPSA) is 27.7 Å². The van der Waals surface area contributed by atoms with E-state index in [9.17, 15) is 0 Å². The summed E-state index contributed by atoms with van der Waals surface area (Å²) >= 11 is 0. The van der Waals surface area contributed by atoms with E-state index in [-0.39, 0.29) is 29.0 Å². The average Bonchev–Trinajstić information content (AvgIpc) is 2.42. The van der Waals surface area contributed by atoms with Gasteiger partial charge in [-0.3, -0.25) is 0 Å². The molecule has 4 atom stereocenters.